The fraction of sp³-hybridized carbons (Fsp3) is 0.333. The Hall–Kier alpha value is -2.45. The van der Waals surface area contributed by atoms with Crippen molar-refractivity contribution in [2.45, 2.75) is 19.8 Å². The number of carbonyl (C=O) groups excluding carboxylic acids is 2. The lowest BCUT2D eigenvalue weighted by molar-refractivity contribution is -0.122. The molecule has 6 nitrogen and oxygen atoms in total. The molecule has 0 bridgehead atoms. The summed E-state index contributed by atoms with van der Waals surface area (Å²) in [6.45, 7) is 3.45. The monoisotopic (exact) mass is 426 g/mol. The van der Waals surface area contributed by atoms with Crippen molar-refractivity contribution >= 4 is 62.9 Å². The summed E-state index contributed by atoms with van der Waals surface area (Å²) in [6.07, 6.45) is 3.30. The molecule has 150 valence electrons. The summed E-state index contributed by atoms with van der Waals surface area (Å²) in [7, 11) is 1.69. The van der Waals surface area contributed by atoms with Crippen molar-refractivity contribution < 1.29 is 9.59 Å². The van der Waals surface area contributed by atoms with Gasteiger partial charge in [-0.15, -0.1) is 0 Å². The molecule has 0 atom stereocenters. The first-order chi connectivity index (χ1) is 13.8. The number of amides is 2. The number of rotatable bonds is 3. The van der Waals surface area contributed by atoms with Gasteiger partial charge >= 0.3 is 0 Å². The number of carbonyl (C=O) groups is 2. The van der Waals surface area contributed by atoms with Gasteiger partial charge < -0.3 is 10.6 Å². The van der Waals surface area contributed by atoms with Crippen LogP contribution in [0.5, 0.6) is 0 Å². The van der Waals surface area contributed by atoms with Crippen LogP contribution in [0, 0.1) is 12.8 Å². The second-order valence-corrected chi connectivity index (χ2v) is 9.13. The molecular weight excluding hydrogens is 404 g/mol. The normalized spacial score (nSPS) is 19.6. The second-order valence-electron chi connectivity index (χ2n) is 7.45. The summed E-state index contributed by atoms with van der Waals surface area (Å²) < 4.78 is 0.551. The first-order valence-corrected chi connectivity index (χ1v) is 10.7. The third-order valence-electron chi connectivity index (χ3n) is 5.53. The molecule has 1 aromatic carbocycles. The maximum Gasteiger partial charge on any atom is 0.265 e. The van der Waals surface area contributed by atoms with Gasteiger partial charge in [-0.05, 0) is 37.5 Å². The van der Waals surface area contributed by atoms with Crippen molar-refractivity contribution in [3.05, 3.63) is 40.3 Å². The van der Waals surface area contributed by atoms with Crippen LogP contribution in [0.15, 0.2) is 29.2 Å². The van der Waals surface area contributed by atoms with Crippen LogP contribution in [0.3, 0.4) is 0 Å². The average Bonchev–Trinajstić information content (AvgIpc) is 2.94. The Morgan fingerprint density at radius 1 is 1.34 bits per heavy atom. The van der Waals surface area contributed by atoms with E-state index in [4.69, 9.17) is 22.9 Å². The number of hydrogen-bond acceptors (Lipinski definition) is 6. The number of nitrogens with two attached hydrogens (primary N) is 1. The molecule has 2 aliphatic heterocycles. The van der Waals surface area contributed by atoms with E-state index in [1.54, 1.807) is 7.05 Å². The number of fused-ring (bicyclic) bond motifs is 1. The maximum atomic E-state index is 12.5. The minimum absolute atomic E-state index is 0.0896. The number of para-hydroxylation sites is 1. The van der Waals surface area contributed by atoms with E-state index in [1.807, 2.05) is 31.2 Å². The van der Waals surface area contributed by atoms with E-state index in [1.165, 1.54) is 16.7 Å². The van der Waals surface area contributed by atoms with Crippen molar-refractivity contribution in [2.24, 2.45) is 11.7 Å². The van der Waals surface area contributed by atoms with Crippen molar-refractivity contribution in [2.75, 3.05) is 25.0 Å². The van der Waals surface area contributed by atoms with Gasteiger partial charge in [0, 0.05) is 37.0 Å². The lowest BCUT2D eigenvalue weighted by atomic mass is 9.96. The quantitative estimate of drug-likeness (QED) is 0.600. The lowest BCUT2D eigenvalue weighted by Gasteiger charge is -2.32. The number of nitrogens with zero attached hydrogens (tertiary/aromatic N) is 3. The smallest absolute Gasteiger partial charge is 0.265 e. The second kappa shape index (κ2) is 7.76. The van der Waals surface area contributed by atoms with E-state index in [2.05, 4.69) is 11.0 Å². The third kappa shape index (κ3) is 3.74. The molecule has 0 saturated carbocycles. The molecule has 0 spiro atoms. The molecule has 4 rings (SSSR count). The number of aryl methyl sites for hydroxylation is 1. The molecule has 0 unspecified atom stereocenters. The zero-order valence-electron chi connectivity index (χ0n) is 16.3. The number of anilines is 1. The molecule has 2 N–H and O–H groups in total. The van der Waals surface area contributed by atoms with Crippen LogP contribution in [0.4, 0.5) is 5.82 Å². The number of aromatic nitrogens is 1. The predicted octanol–water partition coefficient (Wildman–Crippen LogP) is 3.08. The van der Waals surface area contributed by atoms with Gasteiger partial charge in [-0.1, -0.05) is 42.2 Å². The van der Waals surface area contributed by atoms with Crippen molar-refractivity contribution in [1.29, 1.82) is 0 Å². The Morgan fingerprint density at radius 3 is 2.69 bits per heavy atom. The van der Waals surface area contributed by atoms with Crippen LogP contribution < -0.4 is 10.6 Å². The standard InChI is InChI=1S/C21H22N4O2S2/c1-12-4-3-5-14-10-15(11-16-20(27)24(2)21(28)29-16)19(23-17(12)14)25-8-6-13(7-9-25)18(22)26/h3-5,10-11,13H,6-9H2,1-2H3,(H2,22,26)/b16-11-. The maximum absolute atomic E-state index is 12.5. The summed E-state index contributed by atoms with van der Waals surface area (Å²) in [4.78, 5) is 33.3. The number of primary amides is 1. The number of thiocarbonyl (C=S) groups is 1. The molecule has 2 aliphatic rings. The van der Waals surface area contributed by atoms with Crippen molar-refractivity contribution in [3.63, 3.8) is 0 Å². The number of piperidine rings is 1. The van der Waals surface area contributed by atoms with Crippen LogP contribution in [0.1, 0.15) is 24.0 Å². The molecule has 2 aromatic rings. The van der Waals surface area contributed by atoms with Crippen LogP contribution in [0.25, 0.3) is 17.0 Å². The van der Waals surface area contributed by atoms with Gasteiger partial charge in [-0.2, -0.15) is 0 Å². The minimum atomic E-state index is -0.237. The first kappa shape index (κ1) is 19.8. The zero-order valence-corrected chi connectivity index (χ0v) is 18.0. The Morgan fingerprint density at radius 2 is 2.07 bits per heavy atom. The van der Waals surface area contributed by atoms with Crippen LogP contribution in [-0.2, 0) is 9.59 Å². The highest BCUT2D eigenvalue weighted by Crippen LogP contribution is 2.35. The van der Waals surface area contributed by atoms with Gasteiger partial charge in [0.05, 0.1) is 10.4 Å². The van der Waals surface area contributed by atoms with Gasteiger partial charge in [0.2, 0.25) is 5.91 Å². The summed E-state index contributed by atoms with van der Waals surface area (Å²) >= 11 is 6.57. The number of pyridine rings is 1. The fourth-order valence-electron chi connectivity index (χ4n) is 3.78. The van der Waals surface area contributed by atoms with Crippen LogP contribution in [-0.4, -0.2) is 46.2 Å². The van der Waals surface area contributed by atoms with E-state index in [0.717, 1.165) is 27.8 Å². The molecule has 3 heterocycles. The molecule has 29 heavy (non-hydrogen) atoms. The van der Waals surface area contributed by atoms with E-state index in [-0.39, 0.29) is 17.7 Å². The summed E-state index contributed by atoms with van der Waals surface area (Å²) in [5, 5.41) is 1.03. The number of likely N-dealkylation sites (N-methyl/N-ethyl adjacent to an activating group) is 1. The Balaban J connectivity index is 1.78. The van der Waals surface area contributed by atoms with Crippen LogP contribution in [0.2, 0.25) is 0 Å². The van der Waals surface area contributed by atoms with Gasteiger partial charge in [-0.3, -0.25) is 14.5 Å². The minimum Gasteiger partial charge on any atom is -0.369 e. The molecule has 2 fully saturated rings. The summed E-state index contributed by atoms with van der Waals surface area (Å²) in [5.74, 6) is 0.408. The largest absolute Gasteiger partial charge is 0.369 e. The van der Waals surface area contributed by atoms with Gasteiger partial charge in [0.15, 0.2) is 0 Å². The SMILES string of the molecule is Cc1cccc2cc(/C=C3\SC(=S)N(C)C3=O)c(N3CCC(C(N)=O)CC3)nc12. The molecular formula is C21H22N4O2S2. The Bertz CT molecular complexity index is 1060. The van der Waals surface area contributed by atoms with Crippen molar-refractivity contribution in [3.8, 4) is 0 Å². The van der Waals surface area contributed by atoms with Crippen molar-refractivity contribution in [1.82, 2.24) is 9.88 Å². The van der Waals surface area contributed by atoms with E-state index in [0.29, 0.717) is 35.2 Å². The Labute approximate surface area is 179 Å². The predicted molar refractivity (Wildman–Crippen MR) is 122 cm³/mol. The molecule has 0 radical (unpaired) electrons. The van der Waals surface area contributed by atoms with E-state index < -0.39 is 0 Å². The molecule has 2 amide bonds. The molecule has 0 aliphatic carbocycles. The highest BCUT2D eigenvalue weighted by Gasteiger charge is 2.30. The lowest BCUT2D eigenvalue weighted by Crippen LogP contribution is -2.39. The molecule has 1 aromatic heterocycles. The Kier molecular flexibility index (Phi) is 5.31. The molecule has 8 heteroatoms. The number of benzene rings is 1. The summed E-state index contributed by atoms with van der Waals surface area (Å²) in [6, 6.07) is 8.15. The third-order valence-corrected chi connectivity index (χ3v) is 7.01. The zero-order chi connectivity index (χ0) is 20.7. The van der Waals surface area contributed by atoms with Gasteiger partial charge in [0.25, 0.3) is 5.91 Å². The fourth-order valence-corrected chi connectivity index (χ4v) is 4.95. The number of hydrogen-bond donors (Lipinski definition) is 1. The molecule has 2 saturated heterocycles. The van der Waals surface area contributed by atoms with Gasteiger partial charge in [0.1, 0.15) is 10.1 Å². The van der Waals surface area contributed by atoms with E-state index >= 15 is 0 Å². The first-order valence-electron chi connectivity index (χ1n) is 9.51. The topological polar surface area (TPSA) is 79.5 Å². The summed E-state index contributed by atoms with van der Waals surface area (Å²) in [5.41, 5.74) is 8.41. The number of thioether (sulfide) groups is 1. The van der Waals surface area contributed by atoms with Gasteiger partial charge in [-0.25, -0.2) is 4.98 Å². The highest BCUT2D eigenvalue weighted by molar-refractivity contribution is 8.26. The highest BCUT2D eigenvalue weighted by atomic mass is 32.2. The van der Waals surface area contributed by atoms with E-state index in [9.17, 15) is 9.59 Å². The average molecular weight is 427 g/mol. The van der Waals surface area contributed by atoms with Crippen LogP contribution >= 0.6 is 24.0 Å².